The summed E-state index contributed by atoms with van der Waals surface area (Å²) in [6, 6.07) is 0. The molecule has 0 fully saturated rings. The van der Waals surface area contributed by atoms with E-state index in [1.807, 2.05) is 0 Å². The van der Waals surface area contributed by atoms with Gasteiger partial charge in [0.05, 0.1) is 0 Å². The zero-order valence-electron chi connectivity index (χ0n) is 12.8. The number of hydrogen-bond acceptors (Lipinski definition) is 9. The van der Waals surface area contributed by atoms with Crippen LogP contribution in [0.25, 0.3) is 0 Å². The van der Waals surface area contributed by atoms with Crippen molar-refractivity contribution in [2.24, 2.45) is 5.16 Å². The highest BCUT2D eigenvalue weighted by molar-refractivity contribution is 7.09. The summed E-state index contributed by atoms with van der Waals surface area (Å²) in [6.07, 6.45) is 0. The van der Waals surface area contributed by atoms with Crippen molar-refractivity contribution in [3.8, 4) is 0 Å². The molecule has 0 radical (unpaired) electrons. The Morgan fingerprint density at radius 1 is 1.27 bits per heavy atom. The minimum atomic E-state index is -1.42. The summed E-state index contributed by atoms with van der Waals surface area (Å²) in [6.45, 7) is 8.06. The number of hydrogen-bond donors (Lipinski definition) is 1. The van der Waals surface area contributed by atoms with E-state index in [9.17, 15) is 9.59 Å². The highest BCUT2D eigenvalue weighted by Gasteiger charge is 2.36. The van der Waals surface area contributed by atoms with Gasteiger partial charge in [0.1, 0.15) is 5.60 Å². The van der Waals surface area contributed by atoms with Crippen LogP contribution in [-0.4, -0.2) is 37.5 Å². The molecular formula is C12H17ClN4O4S. The van der Waals surface area contributed by atoms with Crippen LogP contribution in [-0.2, 0) is 19.2 Å². The zero-order valence-corrected chi connectivity index (χ0v) is 14.4. The Balaban J connectivity index is 2.94. The second-order valence-electron chi connectivity index (χ2n) is 5.77. The van der Waals surface area contributed by atoms with Crippen LogP contribution in [0.3, 0.4) is 0 Å². The Morgan fingerprint density at radius 3 is 2.27 bits per heavy atom. The molecule has 1 aromatic heterocycles. The zero-order chi connectivity index (χ0) is 17.1. The second kappa shape index (κ2) is 6.57. The van der Waals surface area contributed by atoms with E-state index in [1.54, 1.807) is 20.8 Å². The fourth-order valence-electron chi connectivity index (χ4n) is 1.09. The summed E-state index contributed by atoms with van der Waals surface area (Å²) in [7, 11) is 0. The van der Waals surface area contributed by atoms with Crippen molar-refractivity contribution in [1.29, 1.82) is 0 Å². The van der Waals surface area contributed by atoms with E-state index in [0.29, 0.717) is 0 Å². The van der Waals surface area contributed by atoms with Gasteiger partial charge in [0, 0.05) is 11.5 Å². The molecule has 0 spiro atoms. The van der Waals surface area contributed by atoms with Crippen molar-refractivity contribution in [1.82, 2.24) is 9.36 Å². The molecule has 0 amide bonds. The Morgan fingerprint density at radius 2 is 1.86 bits per heavy atom. The number of anilines is 1. The largest absolute Gasteiger partial charge is 0.457 e. The molecule has 0 bridgehead atoms. The van der Waals surface area contributed by atoms with Gasteiger partial charge in [-0.2, -0.15) is 9.36 Å². The molecule has 122 valence electrons. The third kappa shape index (κ3) is 5.23. The highest BCUT2D eigenvalue weighted by Crippen LogP contribution is 2.18. The lowest BCUT2D eigenvalue weighted by Crippen LogP contribution is -2.40. The number of nitrogens with zero attached hydrogens (tertiary/aromatic N) is 3. The summed E-state index contributed by atoms with van der Waals surface area (Å²) in [5.74, 6) is -0.710. The maximum absolute atomic E-state index is 12.0. The number of halogens is 1. The molecule has 0 saturated carbocycles. The van der Waals surface area contributed by atoms with Crippen LogP contribution in [0, 0.1) is 0 Å². The van der Waals surface area contributed by atoms with Crippen LogP contribution in [0.5, 0.6) is 0 Å². The van der Waals surface area contributed by atoms with Gasteiger partial charge in [-0.15, -0.1) is 0 Å². The molecule has 1 aromatic rings. The molecule has 0 unspecified atom stereocenters. The SMILES string of the molecule is CC(C)(C)OC(=O)C(C)(C)O/N=C(\C(=O)Cl)c1nsc(N)n1. The Hall–Kier alpha value is -1.74. The van der Waals surface area contributed by atoms with E-state index in [-0.39, 0.29) is 16.7 Å². The van der Waals surface area contributed by atoms with E-state index in [1.165, 1.54) is 13.8 Å². The summed E-state index contributed by atoms with van der Waals surface area (Å²) in [5, 5.41) is 2.80. The van der Waals surface area contributed by atoms with Crippen molar-refractivity contribution >= 4 is 45.2 Å². The van der Waals surface area contributed by atoms with E-state index in [2.05, 4.69) is 14.5 Å². The standard InChI is InChI=1S/C12H17ClN4O4S/c1-11(2,3)20-9(19)12(4,5)21-16-6(7(13)18)8-15-10(14)22-17-8/h1-5H3,(H2,14,15,17)/b16-6+. The fraction of sp³-hybridized carbons (Fsp3) is 0.583. The van der Waals surface area contributed by atoms with Crippen molar-refractivity contribution in [3.05, 3.63) is 5.82 Å². The lowest BCUT2D eigenvalue weighted by Gasteiger charge is -2.26. The molecule has 22 heavy (non-hydrogen) atoms. The molecule has 0 aliphatic carbocycles. The highest BCUT2D eigenvalue weighted by atomic mass is 35.5. The Bertz CT molecular complexity index is 607. The molecular weight excluding hydrogens is 332 g/mol. The van der Waals surface area contributed by atoms with Crippen molar-refractivity contribution in [2.75, 3.05) is 5.73 Å². The van der Waals surface area contributed by atoms with Crippen molar-refractivity contribution in [3.63, 3.8) is 0 Å². The summed E-state index contributed by atoms with van der Waals surface area (Å²) in [4.78, 5) is 32.3. The van der Waals surface area contributed by atoms with Crippen LogP contribution in [0.15, 0.2) is 5.16 Å². The average Bonchev–Trinajstić information content (AvgIpc) is 2.73. The first-order valence-electron chi connectivity index (χ1n) is 6.21. The van der Waals surface area contributed by atoms with E-state index in [0.717, 1.165) is 11.5 Å². The van der Waals surface area contributed by atoms with E-state index in [4.69, 9.17) is 26.9 Å². The lowest BCUT2D eigenvalue weighted by atomic mass is 10.1. The van der Waals surface area contributed by atoms with Gasteiger partial charge in [0.25, 0.3) is 5.24 Å². The van der Waals surface area contributed by atoms with Crippen molar-refractivity contribution in [2.45, 2.75) is 45.8 Å². The van der Waals surface area contributed by atoms with Crippen LogP contribution in [0.2, 0.25) is 0 Å². The number of nitrogens with two attached hydrogens (primary N) is 1. The van der Waals surface area contributed by atoms with E-state index < -0.39 is 22.4 Å². The Kier molecular flexibility index (Phi) is 5.47. The van der Waals surface area contributed by atoms with Crippen LogP contribution in [0.1, 0.15) is 40.4 Å². The van der Waals surface area contributed by atoms with Gasteiger partial charge < -0.3 is 15.3 Å². The minimum Gasteiger partial charge on any atom is -0.457 e. The van der Waals surface area contributed by atoms with E-state index >= 15 is 0 Å². The minimum absolute atomic E-state index is 0.0671. The quantitative estimate of drug-likeness (QED) is 0.372. The average molecular weight is 349 g/mol. The summed E-state index contributed by atoms with van der Waals surface area (Å²) in [5.41, 5.74) is 2.99. The summed E-state index contributed by atoms with van der Waals surface area (Å²) >= 11 is 6.30. The summed E-state index contributed by atoms with van der Waals surface area (Å²) < 4.78 is 9.02. The number of aromatic nitrogens is 2. The predicted octanol–water partition coefficient (Wildman–Crippen LogP) is 1.73. The Labute approximate surface area is 136 Å². The number of nitrogen functional groups attached to an aromatic ring is 1. The number of esters is 1. The first-order chi connectivity index (χ1) is 9.92. The third-order valence-electron chi connectivity index (χ3n) is 2.10. The smallest absolute Gasteiger partial charge is 0.353 e. The molecule has 10 heteroatoms. The van der Waals surface area contributed by atoms with Gasteiger partial charge in [-0.05, 0) is 46.2 Å². The number of oxime groups is 1. The predicted molar refractivity (Wildman–Crippen MR) is 82.7 cm³/mol. The number of carbonyl (C=O) groups excluding carboxylic acids is 2. The van der Waals surface area contributed by atoms with Gasteiger partial charge in [0.2, 0.25) is 17.1 Å². The van der Waals surface area contributed by atoms with Gasteiger partial charge in [0.15, 0.2) is 5.13 Å². The second-order valence-corrected chi connectivity index (χ2v) is 6.90. The van der Waals surface area contributed by atoms with Gasteiger partial charge in [-0.25, -0.2) is 4.79 Å². The third-order valence-corrected chi connectivity index (χ3v) is 2.82. The first-order valence-corrected chi connectivity index (χ1v) is 7.36. The lowest BCUT2D eigenvalue weighted by molar-refractivity contribution is -0.179. The molecule has 0 aliphatic rings. The van der Waals surface area contributed by atoms with Crippen molar-refractivity contribution < 1.29 is 19.2 Å². The molecule has 0 aliphatic heterocycles. The molecule has 1 rings (SSSR count). The van der Waals surface area contributed by atoms with Gasteiger partial charge >= 0.3 is 5.97 Å². The molecule has 0 aromatic carbocycles. The monoisotopic (exact) mass is 348 g/mol. The maximum Gasteiger partial charge on any atom is 0.353 e. The number of ether oxygens (including phenoxy) is 1. The molecule has 2 N–H and O–H groups in total. The van der Waals surface area contributed by atoms with Crippen LogP contribution >= 0.6 is 23.1 Å². The fourth-order valence-corrected chi connectivity index (χ4v) is 1.65. The molecule has 0 saturated heterocycles. The van der Waals surface area contributed by atoms with Gasteiger partial charge in [-0.3, -0.25) is 4.79 Å². The topological polar surface area (TPSA) is 117 Å². The normalized spacial score (nSPS) is 12.9. The molecule has 0 atom stereocenters. The van der Waals surface area contributed by atoms with Crippen LogP contribution < -0.4 is 5.73 Å². The first kappa shape index (κ1) is 18.3. The number of rotatable bonds is 5. The molecule has 1 heterocycles. The van der Waals surface area contributed by atoms with Crippen LogP contribution in [0.4, 0.5) is 5.13 Å². The van der Waals surface area contributed by atoms with Gasteiger partial charge in [-0.1, -0.05) is 5.16 Å². The maximum atomic E-state index is 12.0. The molecule has 8 nitrogen and oxygen atoms in total. The number of carbonyl (C=O) groups is 2.